The molecule has 0 aromatic carbocycles. The third kappa shape index (κ3) is 3.57. The van der Waals surface area contributed by atoms with E-state index in [1.807, 2.05) is 0 Å². The normalized spacial score (nSPS) is 39.1. The van der Waals surface area contributed by atoms with Crippen LogP contribution in [0.15, 0.2) is 23.0 Å². The Morgan fingerprint density at radius 2 is 1.89 bits per heavy atom. The molecule has 9 heteroatoms. The Kier molecular flexibility index (Phi) is 4.89. The summed E-state index contributed by atoms with van der Waals surface area (Å²) in [6, 6.07) is 0. The third-order valence-electron chi connectivity index (χ3n) is 5.31. The Labute approximate surface area is 161 Å². The van der Waals surface area contributed by atoms with Crippen LogP contribution in [0.2, 0.25) is 0 Å². The molecule has 9 nitrogen and oxygen atoms in total. The first-order valence-corrected chi connectivity index (χ1v) is 9.00. The number of hydrogen-bond donors (Lipinski definition) is 2. The number of carbonyl (C=O) groups is 3. The first-order chi connectivity index (χ1) is 12.9. The summed E-state index contributed by atoms with van der Waals surface area (Å²) in [5, 5.41) is 21.9. The van der Waals surface area contributed by atoms with Crippen LogP contribution in [0.4, 0.5) is 0 Å². The van der Waals surface area contributed by atoms with Crippen molar-refractivity contribution >= 4 is 17.9 Å². The molecule has 4 atom stereocenters. The second-order valence-corrected chi connectivity index (χ2v) is 7.85. The van der Waals surface area contributed by atoms with Crippen LogP contribution in [0, 0.1) is 0 Å². The average Bonchev–Trinajstić information content (AvgIpc) is 3.01. The molecule has 154 valence electrons. The summed E-state index contributed by atoms with van der Waals surface area (Å²) in [5.74, 6) is -3.76. The van der Waals surface area contributed by atoms with Crippen LogP contribution in [0.1, 0.15) is 47.0 Å². The number of aliphatic hydroxyl groups is 2. The minimum Gasteiger partial charge on any atom is -0.461 e. The number of ether oxygens (including phenoxy) is 4. The number of esters is 3. The molecular formula is C19H24O9. The highest BCUT2D eigenvalue weighted by Gasteiger charge is 2.58. The van der Waals surface area contributed by atoms with E-state index >= 15 is 0 Å². The summed E-state index contributed by atoms with van der Waals surface area (Å²) in [7, 11) is 0. The van der Waals surface area contributed by atoms with Gasteiger partial charge in [0.1, 0.15) is 24.1 Å². The van der Waals surface area contributed by atoms with E-state index in [1.54, 1.807) is 6.92 Å². The van der Waals surface area contributed by atoms with Crippen molar-refractivity contribution in [1.29, 1.82) is 0 Å². The van der Waals surface area contributed by atoms with Gasteiger partial charge < -0.3 is 29.2 Å². The van der Waals surface area contributed by atoms with Gasteiger partial charge in [0.05, 0.1) is 11.2 Å². The van der Waals surface area contributed by atoms with Gasteiger partial charge >= 0.3 is 17.9 Å². The minimum atomic E-state index is -1.88. The van der Waals surface area contributed by atoms with E-state index in [0.29, 0.717) is 6.42 Å². The van der Waals surface area contributed by atoms with Crippen LogP contribution in [0.5, 0.6) is 0 Å². The first-order valence-electron chi connectivity index (χ1n) is 9.00. The maximum Gasteiger partial charge on any atom is 0.343 e. The predicted molar refractivity (Wildman–Crippen MR) is 92.3 cm³/mol. The van der Waals surface area contributed by atoms with E-state index in [4.69, 9.17) is 18.9 Å². The monoisotopic (exact) mass is 396 g/mol. The zero-order chi connectivity index (χ0) is 20.9. The van der Waals surface area contributed by atoms with E-state index in [2.05, 4.69) is 0 Å². The molecule has 0 saturated carbocycles. The fraction of sp³-hybridized carbons (Fsp3) is 0.632. The van der Waals surface area contributed by atoms with Gasteiger partial charge in [0.2, 0.25) is 0 Å². The van der Waals surface area contributed by atoms with Crippen LogP contribution in [-0.4, -0.2) is 57.8 Å². The van der Waals surface area contributed by atoms with E-state index in [1.165, 1.54) is 26.8 Å². The lowest BCUT2D eigenvalue weighted by molar-refractivity contribution is -0.298. The van der Waals surface area contributed by atoms with Gasteiger partial charge in [-0.05, 0) is 26.3 Å². The lowest BCUT2D eigenvalue weighted by atomic mass is 9.82. The fourth-order valence-electron chi connectivity index (χ4n) is 3.83. The molecule has 0 radical (unpaired) electrons. The molecule has 2 N–H and O–H groups in total. The van der Waals surface area contributed by atoms with Gasteiger partial charge in [0, 0.05) is 32.3 Å². The Morgan fingerprint density at radius 3 is 2.50 bits per heavy atom. The van der Waals surface area contributed by atoms with E-state index in [9.17, 15) is 24.6 Å². The summed E-state index contributed by atoms with van der Waals surface area (Å²) in [4.78, 5) is 35.3. The zero-order valence-corrected chi connectivity index (χ0v) is 16.2. The summed E-state index contributed by atoms with van der Waals surface area (Å²) < 4.78 is 21.5. The number of fused-ring (bicyclic) bond motifs is 3. The van der Waals surface area contributed by atoms with Crippen molar-refractivity contribution in [3.05, 3.63) is 23.0 Å². The molecule has 3 rings (SSSR count). The summed E-state index contributed by atoms with van der Waals surface area (Å²) in [5.41, 5.74) is -2.62. The third-order valence-corrected chi connectivity index (χ3v) is 5.31. The van der Waals surface area contributed by atoms with E-state index < -0.39 is 41.0 Å². The number of rotatable bonds is 3. The molecular weight excluding hydrogens is 372 g/mol. The highest BCUT2D eigenvalue weighted by atomic mass is 16.7. The molecule has 0 aromatic rings. The molecule has 0 amide bonds. The summed E-state index contributed by atoms with van der Waals surface area (Å²) in [6.07, 6.45) is 0.653. The molecule has 3 heterocycles. The highest BCUT2D eigenvalue weighted by molar-refractivity contribution is 5.95. The molecule has 3 aliphatic rings. The SMILES string of the molecule is CC(=O)OCC1=C2/C(=C\[C@@]3(C)CC[C@](O)(O3)[C@](C)(O)C[C@@H]2OC(C)=O)OC1=O. The average molecular weight is 396 g/mol. The molecule has 0 unspecified atom stereocenters. The lowest BCUT2D eigenvalue weighted by Crippen LogP contribution is -2.54. The number of hydrogen-bond acceptors (Lipinski definition) is 9. The van der Waals surface area contributed by atoms with E-state index in [-0.39, 0.29) is 36.4 Å². The first kappa shape index (κ1) is 20.5. The van der Waals surface area contributed by atoms with Crippen molar-refractivity contribution in [3.8, 4) is 0 Å². The molecule has 2 bridgehead atoms. The van der Waals surface area contributed by atoms with Crippen LogP contribution >= 0.6 is 0 Å². The molecule has 0 spiro atoms. The number of carbonyl (C=O) groups excluding carboxylic acids is 3. The van der Waals surface area contributed by atoms with Gasteiger partial charge in [-0.1, -0.05) is 0 Å². The summed E-state index contributed by atoms with van der Waals surface area (Å²) in [6.45, 7) is 5.08. The highest BCUT2D eigenvalue weighted by Crippen LogP contribution is 2.49. The second-order valence-electron chi connectivity index (χ2n) is 7.85. The molecule has 28 heavy (non-hydrogen) atoms. The van der Waals surface area contributed by atoms with Crippen LogP contribution in [0.3, 0.4) is 0 Å². The van der Waals surface area contributed by atoms with Gasteiger partial charge in [-0.2, -0.15) is 0 Å². The Morgan fingerprint density at radius 1 is 1.21 bits per heavy atom. The van der Waals surface area contributed by atoms with E-state index in [0.717, 1.165) is 0 Å². The maximum absolute atomic E-state index is 12.4. The lowest BCUT2D eigenvalue weighted by Gasteiger charge is -2.40. The quantitative estimate of drug-likeness (QED) is 0.521. The van der Waals surface area contributed by atoms with Gasteiger partial charge in [0.25, 0.3) is 0 Å². The smallest absolute Gasteiger partial charge is 0.343 e. The molecule has 1 fully saturated rings. The predicted octanol–water partition coefficient (Wildman–Crippen LogP) is 0.631. The molecule has 0 aromatic heterocycles. The second kappa shape index (κ2) is 6.68. The minimum absolute atomic E-state index is 0.0110. The van der Waals surface area contributed by atoms with Crippen molar-refractivity contribution in [2.45, 2.75) is 70.1 Å². The molecule has 3 aliphatic heterocycles. The van der Waals surface area contributed by atoms with Gasteiger partial charge in [-0.15, -0.1) is 0 Å². The largest absolute Gasteiger partial charge is 0.461 e. The van der Waals surface area contributed by atoms with Crippen molar-refractivity contribution in [2.75, 3.05) is 6.61 Å². The Bertz CT molecular complexity index is 793. The van der Waals surface area contributed by atoms with Gasteiger partial charge in [-0.3, -0.25) is 9.59 Å². The fourth-order valence-corrected chi connectivity index (χ4v) is 3.83. The van der Waals surface area contributed by atoms with Crippen LogP contribution < -0.4 is 0 Å². The standard InChI is InChI=1S/C19H24O9/c1-10(20)25-9-12-15-13(27-16(12)22)7-17(3)5-6-19(24,28-17)18(4,23)8-14(15)26-11(2)21/h7,14,23-24H,5-6,8-9H2,1-4H3/b13-7+/t14-,17+,18+,19-/m0/s1. The van der Waals surface area contributed by atoms with Crippen molar-refractivity contribution in [1.82, 2.24) is 0 Å². The molecule has 1 saturated heterocycles. The summed E-state index contributed by atoms with van der Waals surface area (Å²) >= 11 is 0. The van der Waals surface area contributed by atoms with Crippen molar-refractivity contribution in [3.63, 3.8) is 0 Å². The van der Waals surface area contributed by atoms with Crippen molar-refractivity contribution in [2.24, 2.45) is 0 Å². The van der Waals surface area contributed by atoms with Gasteiger partial charge in [0.15, 0.2) is 5.79 Å². The zero-order valence-electron chi connectivity index (χ0n) is 16.2. The Hall–Kier alpha value is -2.23. The topological polar surface area (TPSA) is 129 Å². The van der Waals surface area contributed by atoms with Crippen molar-refractivity contribution < 1.29 is 43.5 Å². The van der Waals surface area contributed by atoms with Crippen LogP contribution in [0.25, 0.3) is 0 Å². The van der Waals surface area contributed by atoms with Gasteiger partial charge in [-0.25, -0.2) is 4.79 Å². The maximum atomic E-state index is 12.4. The van der Waals surface area contributed by atoms with Crippen LogP contribution in [-0.2, 0) is 33.3 Å². The Balaban J connectivity index is 2.16. The molecule has 0 aliphatic carbocycles.